The summed E-state index contributed by atoms with van der Waals surface area (Å²) in [6.45, 7) is 1.58. The average Bonchev–Trinajstić information content (AvgIpc) is 2.69. The van der Waals surface area contributed by atoms with E-state index in [0.717, 1.165) is 4.47 Å². The van der Waals surface area contributed by atoms with Gasteiger partial charge in [-0.1, -0.05) is 28.1 Å². The van der Waals surface area contributed by atoms with Crippen LogP contribution in [0, 0.1) is 6.92 Å². The van der Waals surface area contributed by atoms with Gasteiger partial charge in [-0.3, -0.25) is 9.52 Å². The number of anilines is 2. The number of halogens is 1. The molecule has 0 heterocycles. The molecule has 0 saturated carbocycles. The highest BCUT2D eigenvalue weighted by Crippen LogP contribution is 2.23. The molecular formula is C21H19BrN2O4S. The third kappa shape index (κ3) is 5.23. The molecule has 8 heteroatoms. The molecule has 0 aromatic heterocycles. The maximum atomic E-state index is 12.7. The summed E-state index contributed by atoms with van der Waals surface area (Å²) in [4.78, 5) is 12.5. The van der Waals surface area contributed by atoms with Crippen LogP contribution in [-0.4, -0.2) is 19.4 Å². The number of aliphatic hydroxyl groups is 1. The smallest absolute Gasteiger partial charge is 0.262 e. The van der Waals surface area contributed by atoms with Crippen molar-refractivity contribution in [1.82, 2.24) is 0 Å². The number of benzene rings is 3. The molecule has 3 aromatic carbocycles. The Balaban J connectivity index is 1.76. The van der Waals surface area contributed by atoms with Gasteiger partial charge in [0.2, 0.25) is 0 Å². The normalized spacial score (nSPS) is 11.1. The van der Waals surface area contributed by atoms with Crippen LogP contribution in [0.2, 0.25) is 0 Å². The molecule has 0 atom stereocenters. The Hall–Kier alpha value is -2.68. The highest BCUT2D eigenvalue weighted by Gasteiger charge is 2.18. The molecule has 3 aromatic rings. The predicted molar refractivity (Wildman–Crippen MR) is 116 cm³/mol. The minimum atomic E-state index is -3.76. The van der Waals surface area contributed by atoms with Crippen molar-refractivity contribution in [3.05, 3.63) is 87.9 Å². The molecule has 150 valence electrons. The van der Waals surface area contributed by atoms with Gasteiger partial charge in [0, 0.05) is 21.4 Å². The zero-order valence-corrected chi connectivity index (χ0v) is 17.9. The average molecular weight is 475 g/mol. The Morgan fingerprint density at radius 1 is 0.966 bits per heavy atom. The van der Waals surface area contributed by atoms with Crippen molar-refractivity contribution in [2.45, 2.75) is 18.4 Å². The van der Waals surface area contributed by atoms with Gasteiger partial charge in [0.1, 0.15) is 0 Å². The molecule has 0 fully saturated rings. The number of hydrogen-bond donors (Lipinski definition) is 3. The van der Waals surface area contributed by atoms with Gasteiger partial charge in [0.25, 0.3) is 15.9 Å². The van der Waals surface area contributed by atoms with E-state index in [2.05, 4.69) is 26.0 Å². The van der Waals surface area contributed by atoms with E-state index in [4.69, 9.17) is 5.11 Å². The largest absolute Gasteiger partial charge is 0.392 e. The first-order chi connectivity index (χ1) is 13.8. The number of rotatable bonds is 6. The van der Waals surface area contributed by atoms with Crippen molar-refractivity contribution in [3.63, 3.8) is 0 Å². The van der Waals surface area contributed by atoms with E-state index < -0.39 is 10.0 Å². The van der Waals surface area contributed by atoms with Crippen LogP contribution in [0.25, 0.3) is 0 Å². The monoisotopic (exact) mass is 474 g/mol. The van der Waals surface area contributed by atoms with E-state index in [9.17, 15) is 13.2 Å². The minimum Gasteiger partial charge on any atom is -0.392 e. The predicted octanol–water partition coefficient (Wildman–Crippen LogP) is 4.30. The number of carbonyl (C=O) groups excluding carboxylic acids is 1. The van der Waals surface area contributed by atoms with Crippen molar-refractivity contribution in [2.24, 2.45) is 0 Å². The molecule has 0 unspecified atom stereocenters. The highest BCUT2D eigenvalue weighted by atomic mass is 79.9. The number of sulfonamides is 1. The summed E-state index contributed by atoms with van der Waals surface area (Å²) >= 11 is 3.31. The molecule has 0 radical (unpaired) electrons. The second-order valence-corrected chi connectivity index (χ2v) is 8.97. The van der Waals surface area contributed by atoms with E-state index in [-0.39, 0.29) is 17.4 Å². The molecule has 0 aliphatic rings. The first kappa shape index (κ1) is 21.0. The van der Waals surface area contributed by atoms with Gasteiger partial charge in [0.15, 0.2) is 0 Å². The Labute approximate surface area is 177 Å². The third-order valence-electron chi connectivity index (χ3n) is 4.22. The summed E-state index contributed by atoms with van der Waals surface area (Å²) in [7, 11) is -3.76. The van der Waals surface area contributed by atoms with Crippen LogP contribution < -0.4 is 10.0 Å². The van der Waals surface area contributed by atoms with Gasteiger partial charge < -0.3 is 10.4 Å². The summed E-state index contributed by atoms with van der Waals surface area (Å²) < 4.78 is 28.8. The van der Waals surface area contributed by atoms with Gasteiger partial charge in [0.05, 0.1) is 11.5 Å². The lowest BCUT2D eigenvalue weighted by Gasteiger charge is -2.12. The van der Waals surface area contributed by atoms with Crippen molar-refractivity contribution >= 4 is 43.2 Å². The molecule has 0 spiro atoms. The zero-order chi connectivity index (χ0) is 21.0. The Morgan fingerprint density at radius 2 is 1.59 bits per heavy atom. The summed E-state index contributed by atoms with van der Waals surface area (Å²) in [5.41, 5.74) is 2.60. The van der Waals surface area contributed by atoms with Crippen LogP contribution in [0.4, 0.5) is 11.4 Å². The van der Waals surface area contributed by atoms with E-state index in [1.807, 2.05) is 0 Å². The van der Waals surface area contributed by atoms with Crippen molar-refractivity contribution in [2.75, 3.05) is 10.0 Å². The van der Waals surface area contributed by atoms with E-state index >= 15 is 0 Å². The maximum absolute atomic E-state index is 12.7. The molecule has 6 nitrogen and oxygen atoms in total. The molecule has 29 heavy (non-hydrogen) atoms. The van der Waals surface area contributed by atoms with E-state index in [1.165, 1.54) is 6.07 Å². The number of aliphatic hydroxyl groups excluding tert-OH is 1. The summed E-state index contributed by atoms with van der Waals surface area (Å²) in [5, 5.41) is 11.8. The summed E-state index contributed by atoms with van der Waals surface area (Å²) in [6.07, 6.45) is 0. The van der Waals surface area contributed by atoms with Crippen molar-refractivity contribution in [3.8, 4) is 0 Å². The lowest BCUT2D eigenvalue weighted by atomic mass is 10.1. The quantitative estimate of drug-likeness (QED) is 0.496. The zero-order valence-electron chi connectivity index (χ0n) is 15.5. The van der Waals surface area contributed by atoms with E-state index in [0.29, 0.717) is 28.1 Å². The maximum Gasteiger partial charge on any atom is 0.262 e. The second-order valence-electron chi connectivity index (χ2n) is 6.40. The molecule has 0 saturated heterocycles. The molecule has 0 bridgehead atoms. The standard InChI is InChI=1S/C21H19BrN2O4S/c1-14-12-19(23-21(26)16-4-2-15(13-25)3-5-16)10-11-20(14)29(27,28)24-18-8-6-17(22)7-9-18/h2-12,24-25H,13H2,1H3,(H,23,26). The SMILES string of the molecule is Cc1cc(NC(=O)c2ccc(CO)cc2)ccc1S(=O)(=O)Nc1ccc(Br)cc1. The Morgan fingerprint density at radius 3 is 2.17 bits per heavy atom. The Kier molecular flexibility index (Phi) is 6.36. The van der Waals surface area contributed by atoms with Crippen molar-refractivity contribution < 1.29 is 18.3 Å². The lowest BCUT2D eigenvalue weighted by molar-refractivity contribution is 0.102. The molecule has 3 N–H and O–H groups in total. The first-order valence-electron chi connectivity index (χ1n) is 8.69. The van der Waals surface area contributed by atoms with Gasteiger partial charge in [-0.2, -0.15) is 0 Å². The lowest BCUT2D eigenvalue weighted by Crippen LogP contribution is -2.15. The topological polar surface area (TPSA) is 95.5 Å². The van der Waals surface area contributed by atoms with Crippen LogP contribution in [0.1, 0.15) is 21.5 Å². The van der Waals surface area contributed by atoms with Gasteiger partial charge in [-0.25, -0.2) is 8.42 Å². The van der Waals surface area contributed by atoms with Crippen LogP contribution >= 0.6 is 15.9 Å². The minimum absolute atomic E-state index is 0.0919. The number of nitrogens with one attached hydrogen (secondary N) is 2. The fourth-order valence-corrected chi connectivity index (χ4v) is 4.27. The van der Waals surface area contributed by atoms with Crippen LogP contribution in [-0.2, 0) is 16.6 Å². The van der Waals surface area contributed by atoms with Gasteiger partial charge in [-0.15, -0.1) is 0 Å². The second kappa shape index (κ2) is 8.77. The fraction of sp³-hybridized carbons (Fsp3) is 0.0952. The van der Waals surface area contributed by atoms with Crippen LogP contribution in [0.5, 0.6) is 0 Å². The van der Waals surface area contributed by atoms with Crippen LogP contribution in [0.3, 0.4) is 0 Å². The molecular weight excluding hydrogens is 456 g/mol. The number of hydrogen-bond acceptors (Lipinski definition) is 4. The first-order valence-corrected chi connectivity index (χ1v) is 11.0. The number of amides is 1. The number of carbonyl (C=O) groups is 1. The summed E-state index contributed by atoms with van der Waals surface area (Å²) in [5.74, 6) is -0.322. The molecule has 1 amide bonds. The molecule has 3 rings (SSSR count). The number of aryl methyl sites for hydroxylation is 1. The molecule has 0 aliphatic heterocycles. The van der Waals surface area contributed by atoms with E-state index in [1.54, 1.807) is 67.6 Å². The van der Waals surface area contributed by atoms with Gasteiger partial charge in [-0.05, 0) is 72.6 Å². The Bertz CT molecular complexity index is 1130. The fourth-order valence-electron chi connectivity index (χ4n) is 2.72. The summed E-state index contributed by atoms with van der Waals surface area (Å²) in [6, 6.07) is 18.0. The van der Waals surface area contributed by atoms with Crippen LogP contribution in [0.15, 0.2) is 76.1 Å². The van der Waals surface area contributed by atoms with Gasteiger partial charge >= 0.3 is 0 Å². The molecule has 0 aliphatic carbocycles. The third-order valence-corrected chi connectivity index (χ3v) is 6.29. The van der Waals surface area contributed by atoms with Crippen molar-refractivity contribution in [1.29, 1.82) is 0 Å². The highest BCUT2D eigenvalue weighted by molar-refractivity contribution is 9.10.